The van der Waals surface area contributed by atoms with E-state index in [0.717, 1.165) is 19.3 Å². The van der Waals surface area contributed by atoms with Gasteiger partial charge in [-0.25, -0.2) is 8.42 Å². The van der Waals surface area contributed by atoms with Gasteiger partial charge in [0.05, 0.1) is 10.6 Å². The van der Waals surface area contributed by atoms with Gasteiger partial charge in [0.15, 0.2) is 0 Å². The van der Waals surface area contributed by atoms with Crippen LogP contribution in [0.5, 0.6) is 0 Å². The normalized spacial score (nSPS) is 20.9. The largest absolute Gasteiger partial charge is 0.361 e. The number of hydrogen-bond acceptors (Lipinski definition) is 5. The molecule has 0 unspecified atom stereocenters. The van der Waals surface area contributed by atoms with Gasteiger partial charge in [0.1, 0.15) is 11.3 Å². The first kappa shape index (κ1) is 20.5. The van der Waals surface area contributed by atoms with E-state index in [0.29, 0.717) is 29.1 Å². The second-order valence-electron chi connectivity index (χ2n) is 7.36. The zero-order valence-corrected chi connectivity index (χ0v) is 17.5. The summed E-state index contributed by atoms with van der Waals surface area (Å²) in [6, 6.07) is 6.27. The average Bonchev–Trinajstić information content (AvgIpc) is 3.02. The van der Waals surface area contributed by atoms with Crippen LogP contribution in [0.3, 0.4) is 0 Å². The number of anilines is 1. The molecule has 2 atom stereocenters. The van der Waals surface area contributed by atoms with Crippen LogP contribution in [0.1, 0.15) is 61.8 Å². The summed E-state index contributed by atoms with van der Waals surface area (Å²) < 4.78 is 32.9. The number of benzene rings is 1. The van der Waals surface area contributed by atoms with Crippen molar-refractivity contribution in [2.24, 2.45) is 0 Å². The fourth-order valence-corrected chi connectivity index (χ4v) is 5.73. The van der Waals surface area contributed by atoms with Gasteiger partial charge >= 0.3 is 0 Å². The number of hydrogen-bond donors (Lipinski definition) is 1. The van der Waals surface area contributed by atoms with Crippen molar-refractivity contribution in [1.29, 1.82) is 0 Å². The molecule has 152 valence electrons. The van der Waals surface area contributed by atoms with E-state index in [2.05, 4.69) is 10.5 Å². The number of rotatable bonds is 5. The molecule has 1 aromatic heterocycles. The molecular formula is C20H27N3O4S. The van der Waals surface area contributed by atoms with Gasteiger partial charge in [-0.15, -0.1) is 0 Å². The predicted molar refractivity (Wildman–Crippen MR) is 107 cm³/mol. The summed E-state index contributed by atoms with van der Waals surface area (Å²) >= 11 is 0. The molecule has 8 heteroatoms. The molecule has 0 aliphatic carbocycles. The molecule has 1 saturated heterocycles. The van der Waals surface area contributed by atoms with Crippen molar-refractivity contribution in [1.82, 2.24) is 9.46 Å². The third-order valence-corrected chi connectivity index (χ3v) is 7.44. The molecule has 3 rings (SSSR count). The molecule has 0 spiro atoms. The van der Waals surface area contributed by atoms with Gasteiger partial charge in [0.25, 0.3) is 5.91 Å². The van der Waals surface area contributed by atoms with Crippen LogP contribution >= 0.6 is 0 Å². The Morgan fingerprint density at radius 3 is 2.39 bits per heavy atom. The van der Waals surface area contributed by atoms with E-state index in [1.807, 2.05) is 20.8 Å². The number of amides is 1. The molecule has 28 heavy (non-hydrogen) atoms. The van der Waals surface area contributed by atoms with Gasteiger partial charge in [-0.3, -0.25) is 4.79 Å². The van der Waals surface area contributed by atoms with Gasteiger partial charge in [-0.05, 0) is 64.3 Å². The first-order chi connectivity index (χ1) is 13.3. The summed E-state index contributed by atoms with van der Waals surface area (Å²) in [7, 11) is -3.57. The Balaban J connectivity index is 1.80. The van der Waals surface area contributed by atoms with Crippen molar-refractivity contribution in [3.8, 4) is 0 Å². The lowest BCUT2D eigenvalue weighted by Crippen LogP contribution is -2.47. The highest BCUT2D eigenvalue weighted by molar-refractivity contribution is 7.89. The molecule has 2 aromatic rings. The number of aromatic nitrogens is 1. The molecule has 1 aliphatic rings. The highest BCUT2D eigenvalue weighted by Crippen LogP contribution is 2.30. The molecule has 1 fully saturated rings. The molecule has 7 nitrogen and oxygen atoms in total. The van der Waals surface area contributed by atoms with Crippen LogP contribution in [-0.2, 0) is 16.4 Å². The fourth-order valence-electron chi connectivity index (χ4n) is 3.85. The molecule has 0 radical (unpaired) electrons. The molecule has 1 aromatic carbocycles. The summed E-state index contributed by atoms with van der Waals surface area (Å²) in [5.41, 5.74) is 1.55. The number of aryl methyl sites for hydroxylation is 2. The van der Waals surface area contributed by atoms with E-state index < -0.39 is 10.0 Å². The van der Waals surface area contributed by atoms with Crippen LogP contribution < -0.4 is 5.32 Å². The quantitative estimate of drug-likeness (QED) is 0.818. The van der Waals surface area contributed by atoms with Crippen molar-refractivity contribution in [2.45, 2.75) is 70.4 Å². The summed E-state index contributed by atoms with van der Waals surface area (Å²) in [5.74, 6) is 0.145. The summed E-state index contributed by atoms with van der Waals surface area (Å²) in [5, 5.41) is 6.68. The minimum absolute atomic E-state index is 0.0165. The van der Waals surface area contributed by atoms with E-state index in [1.54, 1.807) is 35.5 Å². The van der Waals surface area contributed by atoms with Crippen LogP contribution in [0.2, 0.25) is 0 Å². The molecular weight excluding hydrogens is 378 g/mol. The highest BCUT2D eigenvalue weighted by Gasteiger charge is 2.35. The Kier molecular flexibility index (Phi) is 5.90. The first-order valence-corrected chi connectivity index (χ1v) is 11.1. The van der Waals surface area contributed by atoms with Crippen LogP contribution in [0.25, 0.3) is 0 Å². The molecule has 0 bridgehead atoms. The molecule has 2 heterocycles. The lowest BCUT2D eigenvalue weighted by atomic mass is 10.0. The third-order valence-electron chi connectivity index (χ3n) is 5.30. The lowest BCUT2D eigenvalue weighted by molar-refractivity contribution is 0.102. The van der Waals surface area contributed by atoms with Crippen molar-refractivity contribution in [3.63, 3.8) is 0 Å². The number of nitrogens with one attached hydrogen (secondary N) is 1. The van der Waals surface area contributed by atoms with Crippen LogP contribution in [-0.4, -0.2) is 35.9 Å². The van der Waals surface area contributed by atoms with Crippen LogP contribution in [0.4, 0.5) is 5.69 Å². The van der Waals surface area contributed by atoms with Gasteiger partial charge < -0.3 is 9.84 Å². The highest BCUT2D eigenvalue weighted by atomic mass is 32.2. The third kappa shape index (κ3) is 3.84. The standard InChI is InChI=1S/C20H27N3O4S/c1-5-18-19(15(4)27-22-18)20(24)21-16-9-11-17(12-10-16)28(25,26)23-13(2)7-6-8-14(23)3/h9-14H,5-8H2,1-4H3,(H,21,24)/t13-,14-/m1/s1. The van der Waals surface area contributed by atoms with E-state index in [1.165, 1.54) is 0 Å². The molecule has 1 amide bonds. The molecule has 0 saturated carbocycles. The number of carbonyl (C=O) groups is 1. The van der Waals surface area contributed by atoms with Crippen LogP contribution in [0, 0.1) is 6.92 Å². The number of carbonyl (C=O) groups excluding carboxylic acids is 1. The van der Waals surface area contributed by atoms with Crippen molar-refractivity contribution in [3.05, 3.63) is 41.3 Å². The van der Waals surface area contributed by atoms with Crippen molar-refractivity contribution >= 4 is 21.6 Å². The van der Waals surface area contributed by atoms with Gasteiger partial charge in [-0.1, -0.05) is 18.5 Å². The second-order valence-corrected chi connectivity index (χ2v) is 9.20. The molecule has 1 N–H and O–H groups in total. The van der Waals surface area contributed by atoms with E-state index in [9.17, 15) is 13.2 Å². The van der Waals surface area contributed by atoms with Crippen LogP contribution in [0.15, 0.2) is 33.7 Å². The Hall–Kier alpha value is -2.19. The average molecular weight is 406 g/mol. The van der Waals surface area contributed by atoms with Gasteiger partial charge in [0.2, 0.25) is 10.0 Å². The maximum absolute atomic E-state index is 13.1. The fraction of sp³-hybridized carbons (Fsp3) is 0.500. The van der Waals surface area contributed by atoms with Crippen molar-refractivity contribution < 1.29 is 17.7 Å². The Morgan fingerprint density at radius 2 is 1.82 bits per heavy atom. The SMILES string of the molecule is CCc1noc(C)c1C(=O)Nc1ccc(S(=O)(=O)N2[C@H](C)CCC[C@H]2C)cc1. The van der Waals surface area contributed by atoms with Crippen molar-refractivity contribution in [2.75, 3.05) is 5.32 Å². The Morgan fingerprint density at radius 1 is 1.21 bits per heavy atom. The summed E-state index contributed by atoms with van der Waals surface area (Å²) in [6.45, 7) is 7.50. The minimum atomic E-state index is -3.57. The van der Waals surface area contributed by atoms with Gasteiger partial charge in [0, 0.05) is 17.8 Å². The predicted octanol–water partition coefficient (Wildman–Crippen LogP) is 3.75. The monoisotopic (exact) mass is 405 g/mol. The zero-order valence-electron chi connectivity index (χ0n) is 16.7. The molecule has 1 aliphatic heterocycles. The van der Waals surface area contributed by atoms with E-state index in [-0.39, 0.29) is 22.9 Å². The second kappa shape index (κ2) is 8.05. The topological polar surface area (TPSA) is 92.5 Å². The van der Waals surface area contributed by atoms with Gasteiger partial charge in [-0.2, -0.15) is 4.31 Å². The Bertz CT molecular complexity index is 940. The lowest BCUT2D eigenvalue weighted by Gasteiger charge is -2.37. The van der Waals surface area contributed by atoms with E-state index in [4.69, 9.17) is 4.52 Å². The number of piperidine rings is 1. The van der Waals surface area contributed by atoms with E-state index >= 15 is 0 Å². The summed E-state index contributed by atoms with van der Waals surface area (Å²) in [6.07, 6.45) is 3.37. The maximum atomic E-state index is 13.1. The maximum Gasteiger partial charge on any atom is 0.261 e. The smallest absolute Gasteiger partial charge is 0.261 e. The number of sulfonamides is 1. The Labute approximate surface area is 166 Å². The summed E-state index contributed by atoms with van der Waals surface area (Å²) in [4.78, 5) is 12.8. The number of nitrogens with zero attached hydrogens (tertiary/aromatic N) is 2. The zero-order chi connectivity index (χ0) is 20.5. The minimum Gasteiger partial charge on any atom is -0.361 e. The first-order valence-electron chi connectivity index (χ1n) is 9.65.